The van der Waals surface area contributed by atoms with E-state index in [0.717, 1.165) is 32.1 Å². The largest absolute Gasteiger partial charge is 0.396 e. The fourth-order valence-electron chi connectivity index (χ4n) is 1.11. The highest BCUT2D eigenvalue weighted by Crippen LogP contribution is 2.06. The van der Waals surface area contributed by atoms with Gasteiger partial charge in [0.1, 0.15) is 0 Å². The molecule has 0 rings (SSSR count). The van der Waals surface area contributed by atoms with Crippen LogP contribution in [0, 0.1) is 0 Å². The van der Waals surface area contributed by atoms with Crippen molar-refractivity contribution in [2.24, 2.45) is 0 Å². The van der Waals surface area contributed by atoms with E-state index < -0.39 is 6.10 Å². The molecule has 0 aliphatic rings. The van der Waals surface area contributed by atoms with E-state index in [2.05, 4.69) is 0 Å². The molecule has 0 aromatic rings. The Morgan fingerprint density at radius 2 is 1.42 bits per heavy atom. The highest BCUT2D eigenvalue weighted by molar-refractivity contribution is 4.53. The Kier molecular flexibility index (Phi) is 8.88. The summed E-state index contributed by atoms with van der Waals surface area (Å²) < 4.78 is 0. The maximum Gasteiger partial charge on any atom is 0.0770 e. The smallest absolute Gasteiger partial charge is 0.0770 e. The molecule has 3 nitrogen and oxygen atoms in total. The first-order valence-electron chi connectivity index (χ1n) is 4.71. The Labute approximate surface area is 74.0 Å². The fraction of sp³-hybridized carbons (Fsp3) is 1.00. The predicted octanol–water partition coefficient (Wildman–Crippen LogP) is 0.672. The van der Waals surface area contributed by atoms with Crippen LogP contribution >= 0.6 is 0 Å². The molecule has 0 amide bonds. The maximum absolute atomic E-state index is 8.97. The minimum Gasteiger partial charge on any atom is -0.396 e. The summed E-state index contributed by atoms with van der Waals surface area (Å²) in [5.41, 5.74) is 0. The second-order valence-electron chi connectivity index (χ2n) is 3.12. The molecular formula is C9H20O3. The number of hydrogen-bond acceptors (Lipinski definition) is 3. The van der Waals surface area contributed by atoms with Crippen molar-refractivity contribution in [3.63, 3.8) is 0 Å². The van der Waals surface area contributed by atoms with Gasteiger partial charge < -0.3 is 15.3 Å². The van der Waals surface area contributed by atoms with Crippen LogP contribution in [0.25, 0.3) is 0 Å². The Morgan fingerprint density at radius 1 is 0.833 bits per heavy atom. The van der Waals surface area contributed by atoms with E-state index in [1.54, 1.807) is 0 Å². The van der Waals surface area contributed by atoms with Gasteiger partial charge in [-0.2, -0.15) is 0 Å². The van der Waals surface area contributed by atoms with Gasteiger partial charge in [0.25, 0.3) is 0 Å². The molecule has 1 atom stereocenters. The summed E-state index contributed by atoms with van der Waals surface area (Å²) in [4.78, 5) is 0. The van der Waals surface area contributed by atoms with Gasteiger partial charge in [-0.25, -0.2) is 0 Å². The minimum atomic E-state index is -0.539. The van der Waals surface area contributed by atoms with Crippen LogP contribution in [0.4, 0.5) is 0 Å². The summed E-state index contributed by atoms with van der Waals surface area (Å²) in [5.74, 6) is 0. The third-order valence-corrected chi connectivity index (χ3v) is 1.91. The van der Waals surface area contributed by atoms with Crippen LogP contribution < -0.4 is 0 Å². The van der Waals surface area contributed by atoms with Crippen LogP contribution in [0.15, 0.2) is 0 Å². The summed E-state index contributed by atoms with van der Waals surface area (Å²) >= 11 is 0. The van der Waals surface area contributed by atoms with E-state index in [1.807, 2.05) is 0 Å². The normalized spacial score (nSPS) is 13.2. The van der Waals surface area contributed by atoms with Crippen molar-refractivity contribution in [2.75, 3.05) is 13.2 Å². The molecule has 3 N–H and O–H groups in total. The summed E-state index contributed by atoms with van der Waals surface area (Å²) in [6, 6.07) is 0. The molecule has 12 heavy (non-hydrogen) atoms. The van der Waals surface area contributed by atoms with Crippen molar-refractivity contribution in [3.8, 4) is 0 Å². The van der Waals surface area contributed by atoms with Crippen molar-refractivity contribution < 1.29 is 15.3 Å². The van der Waals surface area contributed by atoms with Gasteiger partial charge in [-0.1, -0.05) is 25.7 Å². The van der Waals surface area contributed by atoms with Gasteiger partial charge in [0.2, 0.25) is 0 Å². The number of rotatable bonds is 8. The van der Waals surface area contributed by atoms with E-state index in [4.69, 9.17) is 15.3 Å². The van der Waals surface area contributed by atoms with Gasteiger partial charge in [-0.15, -0.1) is 0 Å². The summed E-state index contributed by atoms with van der Waals surface area (Å²) in [6.45, 7) is 0.149. The first-order chi connectivity index (χ1) is 5.81. The Balaban J connectivity index is 2.90. The number of hydrogen-bond donors (Lipinski definition) is 3. The first-order valence-corrected chi connectivity index (χ1v) is 4.71. The summed E-state index contributed by atoms with van der Waals surface area (Å²) in [7, 11) is 0. The van der Waals surface area contributed by atoms with E-state index in [0.29, 0.717) is 6.42 Å². The highest BCUT2D eigenvalue weighted by Gasteiger charge is 2.00. The number of aliphatic hydroxyl groups excluding tert-OH is 3. The Hall–Kier alpha value is -0.120. The SMILES string of the molecule is OCCCCCCC[C@H](O)CO. The average Bonchev–Trinajstić information content (AvgIpc) is 2.10. The van der Waals surface area contributed by atoms with E-state index in [9.17, 15) is 0 Å². The molecule has 0 aliphatic carbocycles. The van der Waals surface area contributed by atoms with Crippen molar-refractivity contribution in [2.45, 2.75) is 44.6 Å². The third-order valence-electron chi connectivity index (χ3n) is 1.91. The van der Waals surface area contributed by atoms with Gasteiger partial charge in [0, 0.05) is 6.61 Å². The van der Waals surface area contributed by atoms with Crippen LogP contribution in [-0.2, 0) is 0 Å². The zero-order valence-electron chi connectivity index (χ0n) is 7.58. The molecular weight excluding hydrogens is 156 g/mol. The van der Waals surface area contributed by atoms with E-state index in [1.165, 1.54) is 0 Å². The van der Waals surface area contributed by atoms with Crippen molar-refractivity contribution in [1.29, 1.82) is 0 Å². The minimum absolute atomic E-state index is 0.128. The quantitative estimate of drug-likeness (QED) is 0.476. The molecule has 0 fully saturated rings. The predicted molar refractivity (Wildman–Crippen MR) is 47.9 cm³/mol. The lowest BCUT2D eigenvalue weighted by Crippen LogP contribution is -2.10. The van der Waals surface area contributed by atoms with Gasteiger partial charge in [0.05, 0.1) is 12.7 Å². The van der Waals surface area contributed by atoms with Crippen LogP contribution in [0.5, 0.6) is 0 Å². The molecule has 0 saturated heterocycles. The Bertz CT molecular complexity index is 85.8. The topological polar surface area (TPSA) is 60.7 Å². The second kappa shape index (κ2) is 8.97. The lowest BCUT2D eigenvalue weighted by atomic mass is 10.1. The molecule has 3 heteroatoms. The molecule has 0 radical (unpaired) electrons. The standard InChI is InChI=1S/C9H20O3/c10-7-5-3-1-2-4-6-9(12)8-11/h9-12H,1-8H2/t9-/m0/s1. The van der Waals surface area contributed by atoms with E-state index >= 15 is 0 Å². The molecule has 0 aromatic heterocycles. The van der Waals surface area contributed by atoms with E-state index in [-0.39, 0.29) is 13.2 Å². The van der Waals surface area contributed by atoms with Gasteiger partial charge in [-0.3, -0.25) is 0 Å². The van der Waals surface area contributed by atoms with Crippen molar-refractivity contribution in [1.82, 2.24) is 0 Å². The zero-order valence-corrected chi connectivity index (χ0v) is 7.58. The first kappa shape index (κ1) is 11.9. The molecule has 74 valence electrons. The maximum atomic E-state index is 8.97. The van der Waals surface area contributed by atoms with Crippen molar-refractivity contribution in [3.05, 3.63) is 0 Å². The Morgan fingerprint density at radius 3 is 2.00 bits per heavy atom. The molecule has 0 aliphatic heterocycles. The van der Waals surface area contributed by atoms with Gasteiger partial charge in [0.15, 0.2) is 0 Å². The second-order valence-corrected chi connectivity index (χ2v) is 3.12. The van der Waals surface area contributed by atoms with Crippen LogP contribution in [-0.4, -0.2) is 34.6 Å². The molecule has 0 unspecified atom stereocenters. The van der Waals surface area contributed by atoms with Gasteiger partial charge >= 0.3 is 0 Å². The third kappa shape index (κ3) is 7.98. The monoisotopic (exact) mass is 176 g/mol. The number of aliphatic hydroxyl groups is 3. The van der Waals surface area contributed by atoms with Crippen molar-refractivity contribution >= 4 is 0 Å². The lowest BCUT2D eigenvalue weighted by molar-refractivity contribution is 0.0859. The number of unbranched alkanes of at least 4 members (excludes halogenated alkanes) is 4. The summed E-state index contributed by atoms with van der Waals surface area (Å²) in [6.07, 6.45) is 5.25. The molecule has 0 heterocycles. The molecule has 0 spiro atoms. The van der Waals surface area contributed by atoms with Gasteiger partial charge in [-0.05, 0) is 12.8 Å². The molecule has 0 saturated carbocycles. The fourth-order valence-corrected chi connectivity index (χ4v) is 1.11. The van der Waals surface area contributed by atoms with Crippen LogP contribution in [0.2, 0.25) is 0 Å². The molecule has 0 bridgehead atoms. The lowest BCUT2D eigenvalue weighted by Gasteiger charge is -2.05. The van der Waals surface area contributed by atoms with Crippen LogP contribution in [0.3, 0.4) is 0 Å². The average molecular weight is 176 g/mol. The van der Waals surface area contributed by atoms with Crippen LogP contribution in [0.1, 0.15) is 38.5 Å². The zero-order chi connectivity index (χ0) is 9.23. The molecule has 0 aromatic carbocycles. The summed E-state index contributed by atoms with van der Waals surface area (Å²) in [5, 5.41) is 25.9. The highest BCUT2D eigenvalue weighted by atomic mass is 16.3.